The molecule has 0 bridgehead atoms. The third-order valence-electron chi connectivity index (χ3n) is 3.61. The molecule has 17 heavy (non-hydrogen) atoms. The number of halogens is 1. The molecule has 1 saturated carbocycles. The Hall–Kier alpha value is -0.540. The van der Waals surface area contributed by atoms with Gasteiger partial charge in [0.15, 0.2) is 0 Å². The summed E-state index contributed by atoms with van der Waals surface area (Å²) in [6, 6.07) is 2.94. The standard InChI is InChI=1S/C13H22ClN3/c1-3-17-13(9-11(2)15-17)10-16(8-7-14)12-5-4-6-12/h9,12H,3-8,10H2,1-2H3. The lowest BCUT2D eigenvalue weighted by Crippen LogP contribution is -2.41. The number of aryl methyl sites for hydroxylation is 2. The minimum absolute atomic E-state index is 0.718. The summed E-state index contributed by atoms with van der Waals surface area (Å²) in [5, 5.41) is 4.50. The molecule has 1 fully saturated rings. The zero-order chi connectivity index (χ0) is 12.3. The van der Waals surface area contributed by atoms with Gasteiger partial charge in [0, 0.05) is 31.6 Å². The maximum absolute atomic E-state index is 5.90. The van der Waals surface area contributed by atoms with Crippen LogP contribution in [0.5, 0.6) is 0 Å². The zero-order valence-electron chi connectivity index (χ0n) is 10.8. The lowest BCUT2D eigenvalue weighted by Gasteiger charge is -2.37. The van der Waals surface area contributed by atoms with E-state index in [2.05, 4.69) is 34.6 Å². The van der Waals surface area contributed by atoms with Crippen molar-refractivity contribution in [2.45, 2.75) is 52.2 Å². The van der Waals surface area contributed by atoms with Crippen LogP contribution in [0.1, 0.15) is 37.6 Å². The molecule has 0 aromatic carbocycles. The molecule has 1 heterocycles. The van der Waals surface area contributed by atoms with E-state index in [-0.39, 0.29) is 0 Å². The molecule has 0 radical (unpaired) electrons. The fourth-order valence-corrected chi connectivity index (χ4v) is 2.68. The summed E-state index contributed by atoms with van der Waals surface area (Å²) in [7, 11) is 0. The van der Waals surface area contributed by atoms with Crippen LogP contribution in [0.25, 0.3) is 0 Å². The van der Waals surface area contributed by atoms with Crippen molar-refractivity contribution in [1.29, 1.82) is 0 Å². The Kier molecular flexibility index (Phi) is 4.46. The largest absolute Gasteiger partial charge is 0.293 e. The van der Waals surface area contributed by atoms with Gasteiger partial charge in [-0.2, -0.15) is 5.10 Å². The maximum Gasteiger partial charge on any atom is 0.0597 e. The van der Waals surface area contributed by atoms with Gasteiger partial charge < -0.3 is 0 Å². The van der Waals surface area contributed by atoms with Crippen molar-refractivity contribution in [1.82, 2.24) is 14.7 Å². The van der Waals surface area contributed by atoms with Crippen LogP contribution in [0.4, 0.5) is 0 Å². The Bertz CT molecular complexity index is 358. The van der Waals surface area contributed by atoms with Crippen molar-refractivity contribution >= 4 is 11.6 Å². The molecule has 0 unspecified atom stereocenters. The Morgan fingerprint density at radius 2 is 2.29 bits per heavy atom. The fourth-order valence-electron chi connectivity index (χ4n) is 2.46. The summed E-state index contributed by atoms with van der Waals surface area (Å²) in [5.41, 5.74) is 2.43. The Balaban J connectivity index is 2.04. The van der Waals surface area contributed by atoms with E-state index in [1.807, 2.05) is 0 Å². The number of aromatic nitrogens is 2. The van der Waals surface area contributed by atoms with Crippen molar-refractivity contribution in [2.75, 3.05) is 12.4 Å². The van der Waals surface area contributed by atoms with Crippen LogP contribution >= 0.6 is 11.6 Å². The molecule has 1 aromatic rings. The molecule has 0 saturated heterocycles. The van der Waals surface area contributed by atoms with Crippen molar-refractivity contribution < 1.29 is 0 Å². The molecule has 2 rings (SSSR count). The van der Waals surface area contributed by atoms with Gasteiger partial charge in [-0.15, -0.1) is 11.6 Å². The second-order valence-corrected chi connectivity index (χ2v) is 5.21. The predicted octanol–water partition coefficient (Wildman–Crippen LogP) is 2.80. The fraction of sp³-hybridized carbons (Fsp3) is 0.769. The summed E-state index contributed by atoms with van der Waals surface area (Å²) >= 11 is 5.90. The average Bonchev–Trinajstić information content (AvgIpc) is 2.56. The molecular formula is C13H22ClN3. The van der Waals surface area contributed by atoms with E-state index in [9.17, 15) is 0 Å². The topological polar surface area (TPSA) is 21.1 Å². The number of alkyl halides is 1. The Morgan fingerprint density at radius 1 is 1.53 bits per heavy atom. The minimum Gasteiger partial charge on any atom is -0.293 e. The summed E-state index contributed by atoms with van der Waals surface area (Å²) in [5.74, 6) is 0.718. The maximum atomic E-state index is 5.90. The van der Waals surface area contributed by atoms with Gasteiger partial charge in [-0.25, -0.2) is 0 Å². The lowest BCUT2D eigenvalue weighted by molar-refractivity contribution is 0.124. The van der Waals surface area contributed by atoms with E-state index in [0.717, 1.165) is 37.3 Å². The molecule has 0 N–H and O–H groups in total. The average molecular weight is 256 g/mol. The normalized spacial score (nSPS) is 16.5. The molecule has 0 aliphatic heterocycles. The minimum atomic E-state index is 0.718. The third kappa shape index (κ3) is 3.02. The molecule has 0 amide bonds. The van der Waals surface area contributed by atoms with Crippen LogP contribution in [0.2, 0.25) is 0 Å². The Morgan fingerprint density at radius 3 is 2.82 bits per heavy atom. The van der Waals surface area contributed by atoms with Gasteiger partial charge in [0.05, 0.1) is 11.4 Å². The van der Waals surface area contributed by atoms with Gasteiger partial charge in [-0.05, 0) is 32.8 Å². The van der Waals surface area contributed by atoms with Crippen LogP contribution in [0.3, 0.4) is 0 Å². The highest BCUT2D eigenvalue weighted by molar-refractivity contribution is 6.18. The van der Waals surface area contributed by atoms with Crippen LogP contribution in [-0.4, -0.2) is 33.1 Å². The quantitative estimate of drug-likeness (QED) is 0.729. The molecule has 1 aliphatic carbocycles. The number of rotatable bonds is 6. The molecule has 0 atom stereocenters. The number of nitrogens with zero attached hydrogens (tertiary/aromatic N) is 3. The van der Waals surface area contributed by atoms with Crippen LogP contribution in [0.15, 0.2) is 6.07 Å². The monoisotopic (exact) mass is 255 g/mol. The van der Waals surface area contributed by atoms with Gasteiger partial charge in [0.2, 0.25) is 0 Å². The molecule has 1 aromatic heterocycles. The second-order valence-electron chi connectivity index (χ2n) is 4.84. The summed E-state index contributed by atoms with van der Waals surface area (Å²) in [6.45, 7) is 7.13. The van der Waals surface area contributed by atoms with Crippen LogP contribution in [-0.2, 0) is 13.1 Å². The van der Waals surface area contributed by atoms with Crippen molar-refractivity contribution in [3.8, 4) is 0 Å². The zero-order valence-corrected chi connectivity index (χ0v) is 11.6. The summed E-state index contributed by atoms with van der Waals surface area (Å²) in [4.78, 5) is 2.51. The summed E-state index contributed by atoms with van der Waals surface area (Å²) < 4.78 is 2.11. The van der Waals surface area contributed by atoms with E-state index in [1.165, 1.54) is 25.0 Å². The van der Waals surface area contributed by atoms with Gasteiger partial charge >= 0.3 is 0 Å². The molecule has 96 valence electrons. The van der Waals surface area contributed by atoms with E-state index in [0.29, 0.717) is 0 Å². The summed E-state index contributed by atoms with van der Waals surface area (Å²) in [6.07, 6.45) is 4.03. The second kappa shape index (κ2) is 5.87. The Labute approximate surface area is 109 Å². The first kappa shape index (κ1) is 12.9. The van der Waals surface area contributed by atoms with E-state index in [4.69, 9.17) is 11.6 Å². The first-order valence-electron chi connectivity index (χ1n) is 6.58. The van der Waals surface area contributed by atoms with Gasteiger partial charge in [0.25, 0.3) is 0 Å². The van der Waals surface area contributed by atoms with Crippen molar-refractivity contribution in [2.24, 2.45) is 0 Å². The van der Waals surface area contributed by atoms with Crippen LogP contribution < -0.4 is 0 Å². The van der Waals surface area contributed by atoms with Crippen molar-refractivity contribution in [3.63, 3.8) is 0 Å². The van der Waals surface area contributed by atoms with Gasteiger partial charge in [-0.3, -0.25) is 9.58 Å². The highest BCUT2D eigenvalue weighted by Gasteiger charge is 2.25. The number of hydrogen-bond donors (Lipinski definition) is 0. The predicted molar refractivity (Wildman–Crippen MR) is 71.4 cm³/mol. The van der Waals surface area contributed by atoms with Gasteiger partial charge in [0.1, 0.15) is 0 Å². The highest BCUT2D eigenvalue weighted by atomic mass is 35.5. The SMILES string of the molecule is CCn1nc(C)cc1CN(CCCl)C1CCC1. The molecule has 4 heteroatoms. The van der Waals surface area contributed by atoms with Gasteiger partial charge in [-0.1, -0.05) is 6.42 Å². The first-order chi connectivity index (χ1) is 8.24. The van der Waals surface area contributed by atoms with Crippen LogP contribution in [0, 0.1) is 6.92 Å². The lowest BCUT2D eigenvalue weighted by atomic mass is 9.91. The van der Waals surface area contributed by atoms with E-state index >= 15 is 0 Å². The molecule has 0 spiro atoms. The molecular weight excluding hydrogens is 234 g/mol. The molecule has 1 aliphatic rings. The van der Waals surface area contributed by atoms with E-state index < -0.39 is 0 Å². The first-order valence-corrected chi connectivity index (χ1v) is 7.11. The van der Waals surface area contributed by atoms with E-state index in [1.54, 1.807) is 0 Å². The third-order valence-corrected chi connectivity index (χ3v) is 3.78. The highest BCUT2D eigenvalue weighted by Crippen LogP contribution is 2.26. The smallest absolute Gasteiger partial charge is 0.0597 e. The number of hydrogen-bond acceptors (Lipinski definition) is 2. The van der Waals surface area contributed by atoms with Crippen molar-refractivity contribution in [3.05, 3.63) is 17.5 Å². The molecule has 3 nitrogen and oxygen atoms in total.